The van der Waals surface area contributed by atoms with E-state index in [9.17, 15) is 0 Å². The fourth-order valence-corrected chi connectivity index (χ4v) is 1.23. The van der Waals surface area contributed by atoms with Crippen LogP contribution < -0.4 is 5.32 Å². The third kappa shape index (κ3) is 8.52. The second kappa shape index (κ2) is 7.24. The molecule has 0 aromatic rings. The van der Waals surface area contributed by atoms with Gasteiger partial charge < -0.3 is 10.1 Å². The van der Waals surface area contributed by atoms with Crippen LogP contribution in [0.4, 0.5) is 0 Å². The Morgan fingerprint density at radius 1 is 1.29 bits per heavy atom. The Labute approximate surface area is 89.4 Å². The average molecular weight is 201 g/mol. The van der Waals surface area contributed by atoms with Crippen LogP contribution in [0.15, 0.2) is 0 Å². The molecule has 0 aliphatic carbocycles. The minimum absolute atomic E-state index is 0.254. The van der Waals surface area contributed by atoms with Gasteiger partial charge in [0, 0.05) is 18.6 Å². The first-order chi connectivity index (χ1) is 6.48. The molecular formula is C12H27NO. The summed E-state index contributed by atoms with van der Waals surface area (Å²) in [7, 11) is 0. The van der Waals surface area contributed by atoms with E-state index < -0.39 is 0 Å². The zero-order chi connectivity index (χ0) is 11.0. The van der Waals surface area contributed by atoms with Crippen molar-refractivity contribution in [3.8, 4) is 0 Å². The summed E-state index contributed by atoms with van der Waals surface area (Å²) >= 11 is 0. The molecule has 0 unspecified atom stereocenters. The van der Waals surface area contributed by atoms with Gasteiger partial charge in [-0.25, -0.2) is 0 Å². The molecule has 0 aromatic carbocycles. The van der Waals surface area contributed by atoms with Crippen LogP contribution in [0.2, 0.25) is 0 Å². The quantitative estimate of drug-likeness (QED) is 0.610. The van der Waals surface area contributed by atoms with Crippen LogP contribution in [-0.2, 0) is 4.74 Å². The van der Waals surface area contributed by atoms with E-state index in [2.05, 4.69) is 39.9 Å². The largest absolute Gasteiger partial charge is 0.381 e. The lowest BCUT2D eigenvalue weighted by Gasteiger charge is -2.25. The van der Waals surface area contributed by atoms with Crippen molar-refractivity contribution in [3.63, 3.8) is 0 Å². The summed E-state index contributed by atoms with van der Waals surface area (Å²) in [6, 6.07) is 0. The van der Waals surface area contributed by atoms with Gasteiger partial charge in [0.1, 0.15) is 0 Å². The van der Waals surface area contributed by atoms with Gasteiger partial charge in [0.05, 0.1) is 6.61 Å². The van der Waals surface area contributed by atoms with E-state index in [1.54, 1.807) is 0 Å². The number of hydrogen-bond donors (Lipinski definition) is 1. The summed E-state index contributed by atoms with van der Waals surface area (Å²) in [5.74, 6) is 0.634. The normalized spacial score (nSPS) is 12.4. The lowest BCUT2D eigenvalue weighted by molar-refractivity contribution is 0.0467. The molecule has 0 heterocycles. The van der Waals surface area contributed by atoms with E-state index in [1.165, 1.54) is 6.42 Å². The van der Waals surface area contributed by atoms with E-state index in [0.29, 0.717) is 5.92 Å². The lowest BCUT2D eigenvalue weighted by Crippen LogP contribution is -2.34. The van der Waals surface area contributed by atoms with Crippen LogP contribution in [-0.4, -0.2) is 26.3 Å². The van der Waals surface area contributed by atoms with E-state index in [1.807, 2.05) is 0 Å². The molecule has 0 aliphatic rings. The molecule has 0 rings (SSSR count). The van der Waals surface area contributed by atoms with Gasteiger partial charge in [-0.1, -0.05) is 34.6 Å². The molecule has 0 fully saturated rings. The Hall–Kier alpha value is -0.0800. The first-order valence-corrected chi connectivity index (χ1v) is 5.76. The highest BCUT2D eigenvalue weighted by Crippen LogP contribution is 2.14. The molecule has 14 heavy (non-hydrogen) atoms. The summed E-state index contributed by atoms with van der Waals surface area (Å²) in [4.78, 5) is 0. The predicted molar refractivity (Wildman–Crippen MR) is 62.6 cm³/mol. The van der Waals surface area contributed by atoms with Gasteiger partial charge in [0.2, 0.25) is 0 Å². The fraction of sp³-hybridized carbons (Fsp3) is 1.00. The van der Waals surface area contributed by atoms with Crippen molar-refractivity contribution in [3.05, 3.63) is 0 Å². The highest BCUT2D eigenvalue weighted by molar-refractivity contribution is 4.70. The summed E-state index contributed by atoms with van der Waals surface area (Å²) in [6.07, 6.45) is 1.20. The van der Waals surface area contributed by atoms with Gasteiger partial charge in [-0.05, 0) is 18.9 Å². The number of hydrogen-bond acceptors (Lipinski definition) is 2. The standard InChI is InChI=1S/C12H27NO/c1-6-7-13-9-12(4,5)10-14-8-11(2)3/h11,13H,6-10H2,1-5H3. The molecule has 0 radical (unpaired) electrons. The molecule has 0 aromatic heterocycles. The molecule has 0 spiro atoms. The average Bonchev–Trinajstić information content (AvgIpc) is 2.03. The fourth-order valence-electron chi connectivity index (χ4n) is 1.23. The van der Waals surface area contributed by atoms with Crippen LogP contribution in [0.5, 0.6) is 0 Å². The molecule has 2 heteroatoms. The summed E-state index contributed by atoms with van der Waals surface area (Å²) < 4.78 is 5.65. The highest BCUT2D eigenvalue weighted by atomic mass is 16.5. The van der Waals surface area contributed by atoms with Crippen molar-refractivity contribution >= 4 is 0 Å². The highest BCUT2D eigenvalue weighted by Gasteiger charge is 2.17. The molecule has 0 saturated heterocycles. The molecule has 0 aliphatic heterocycles. The van der Waals surface area contributed by atoms with E-state index in [-0.39, 0.29) is 5.41 Å². The molecular weight excluding hydrogens is 174 g/mol. The topological polar surface area (TPSA) is 21.3 Å². The van der Waals surface area contributed by atoms with Crippen molar-refractivity contribution < 1.29 is 4.74 Å². The maximum Gasteiger partial charge on any atom is 0.0529 e. The van der Waals surface area contributed by atoms with Gasteiger partial charge in [-0.2, -0.15) is 0 Å². The Kier molecular flexibility index (Phi) is 7.20. The van der Waals surface area contributed by atoms with E-state index in [4.69, 9.17) is 4.74 Å². The summed E-state index contributed by atoms with van der Waals surface area (Å²) in [5.41, 5.74) is 0.254. The third-order valence-electron chi connectivity index (χ3n) is 1.97. The van der Waals surface area contributed by atoms with E-state index in [0.717, 1.165) is 26.3 Å². The molecule has 0 bridgehead atoms. The van der Waals surface area contributed by atoms with Gasteiger partial charge in [-0.15, -0.1) is 0 Å². The number of nitrogens with one attached hydrogen (secondary N) is 1. The molecule has 0 saturated carbocycles. The van der Waals surface area contributed by atoms with Crippen LogP contribution in [0, 0.1) is 11.3 Å². The minimum Gasteiger partial charge on any atom is -0.381 e. The number of rotatable bonds is 8. The first-order valence-electron chi connectivity index (χ1n) is 5.76. The Balaban J connectivity index is 3.50. The monoisotopic (exact) mass is 201 g/mol. The van der Waals surface area contributed by atoms with Gasteiger partial charge in [-0.3, -0.25) is 0 Å². The van der Waals surface area contributed by atoms with Crippen molar-refractivity contribution in [2.45, 2.75) is 41.0 Å². The van der Waals surface area contributed by atoms with Crippen LogP contribution in [0.3, 0.4) is 0 Å². The predicted octanol–water partition coefficient (Wildman–Crippen LogP) is 2.68. The van der Waals surface area contributed by atoms with Crippen molar-refractivity contribution in [2.24, 2.45) is 11.3 Å². The number of ether oxygens (including phenoxy) is 1. The second-order valence-electron chi connectivity index (χ2n) is 5.25. The first kappa shape index (κ1) is 13.9. The second-order valence-corrected chi connectivity index (χ2v) is 5.25. The third-order valence-corrected chi connectivity index (χ3v) is 1.97. The zero-order valence-corrected chi connectivity index (χ0v) is 10.5. The SMILES string of the molecule is CCCNCC(C)(C)COCC(C)C. The van der Waals surface area contributed by atoms with Crippen molar-refractivity contribution in [1.82, 2.24) is 5.32 Å². The Morgan fingerprint density at radius 2 is 1.93 bits per heavy atom. The smallest absolute Gasteiger partial charge is 0.0529 e. The van der Waals surface area contributed by atoms with Crippen LogP contribution >= 0.6 is 0 Å². The molecule has 0 amide bonds. The molecule has 86 valence electrons. The minimum atomic E-state index is 0.254. The Bertz CT molecular complexity index is 132. The lowest BCUT2D eigenvalue weighted by atomic mass is 9.95. The molecule has 0 atom stereocenters. The van der Waals surface area contributed by atoms with Crippen LogP contribution in [0.1, 0.15) is 41.0 Å². The summed E-state index contributed by atoms with van der Waals surface area (Å²) in [5, 5.41) is 3.43. The van der Waals surface area contributed by atoms with Gasteiger partial charge in [0.15, 0.2) is 0 Å². The maximum absolute atomic E-state index is 5.65. The van der Waals surface area contributed by atoms with Gasteiger partial charge >= 0.3 is 0 Å². The van der Waals surface area contributed by atoms with Crippen LogP contribution in [0.25, 0.3) is 0 Å². The molecule has 2 nitrogen and oxygen atoms in total. The zero-order valence-electron chi connectivity index (χ0n) is 10.5. The maximum atomic E-state index is 5.65. The Morgan fingerprint density at radius 3 is 2.43 bits per heavy atom. The van der Waals surface area contributed by atoms with Crippen molar-refractivity contribution in [1.29, 1.82) is 0 Å². The summed E-state index contributed by atoms with van der Waals surface area (Å²) in [6.45, 7) is 14.9. The van der Waals surface area contributed by atoms with Gasteiger partial charge in [0.25, 0.3) is 0 Å². The van der Waals surface area contributed by atoms with Crippen molar-refractivity contribution in [2.75, 3.05) is 26.3 Å². The van der Waals surface area contributed by atoms with E-state index >= 15 is 0 Å². The molecule has 1 N–H and O–H groups in total.